The average Bonchev–Trinajstić information content (AvgIpc) is 3.03. The van der Waals surface area contributed by atoms with Gasteiger partial charge >= 0.3 is 0 Å². The summed E-state index contributed by atoms with van der Waals surface area (Å²) in [6.07, 6.45) is 0.684. The van der Waals surface area contributed by atoms with Crippen molar-refractivity contribution in [1.29, 1.82) is 0 Å². The normalized spacial score (nSPS) is 10.7. The number of hydrogen-bond acceptors (Lipinski definition) is 4. The summed E-state index contributed by atoms with van der Waals surface area (Å²) in [6.45, 7) is 5.81. The van der Waals surface area contributed by atoms with Crippen molar-refractivity contribution in [3.8, 4) is 11.5 Å². The van der Waals surface area contributed by atoms with Crippen LogP contribution in [0.25, 0.3) is 0 Å². The standard InChI is InChI=1S/C23H25Cl2N3O3/c1-3-30-19-8-10-20(11-9-19)31-15-17-6-4-7-18(14-17)23(29)26-12-5-13-28-22(25)21(24)16(2)27-28/h4,6-11,14H,3,5,12-13,15H2,1-2H3,(H,26,29). The molecule has 0 fully saturated rings. The molecule has 0 aliphatic rings. The summed E-state index contributed by atoms with van der Waals surface area (Å²) in [7, 11) is 0. The third-order valence-electron chi connectivity index (χ3n) is 4.56. The number of amides is 1. The second-order valence-corrected chi connectivity index (χ2v) is 7.65. The topological polar surface area (TPSA) is 65.4 Å². The minimum atomic E-state index is -0.135. The Morgan fingerprint density at radius 1 is 1.10 bits per heavy atom. The van der Waals surface area contributed by atoms with E-state index in [1.165, 1.54) is 0 Å². The zero-order valence-corrected chi connectivity index (χ0v) is 19.0. The van der Waals surface area contributed by atoms with Gasteiger partial charge in [-0.25, -0.2) is 0 Å². The van der Waals surface area contributed by atoms with Gasteiger partial charge in [0, 0.05) is 18.7 Å². The van der Waals surface area contributed by atoms with Gasteiger partial charge in [-0.1, -0.05) is 35.3 Å². The summed E-state index contributed by atoms with van der Waals surface area (Å²) in [4.78, 5) is 12.5. The molecule has 31 heavy (non-hydrogen) atoms. The summed E-state index contributed by atoms with van der Waals surface area (Å²) in [5, 5.41) is 8.08. The van der Waals surface area contributed by atoms with Crippen molar-refractivity contribution >= 4 is 29.1 Å². The fourth-order valence-corrected chi connectivity index (χ4v) is 3.37. The number of nitrogens with zero attached hydrogens (tertiary/aromatic N) is 2. The van der Waals surface area contributed by atoms with Gasteiger partial charge in [0.25, 0.3) is 5.91 Å². The third kappa shape index (κ3) is 6.39. The number of aromatic nitrogens is 2. The number of rotatable bonds is 10. The number of ether oxygens (including phenoxy) is 2. The summed E-state index contributed by atoms with van der Waals surface area (Å²) in [5.41, 5.74) is 2.19. The highest BCUT2D eigenvalue weighted by Gasteiger charge is 2.11. The fraction of sp³-hybridized carbons (Fsp3) is 0.304. The number of aryl methyl sites for hydroxylation is 2. The SMILES string of the molecule is CCOc1ccc(OCc2cccc(C(=O)NCCCn3nc(C)c(Cl)c3Cl)c2)cc1. The van der Waals surface area contributed by atoms with E-state index in [-0.39, 0.29) is 5.91 Å². The van der Waals surface area contributed by atoms with E-state index in [0.717, 1.165) is 17.1 Å². The highest BCUT2D eigenvalue weighted by atomic mass is 35.5. The van der Waals surface area contributed by atoms with Crippen LogP contribution in [-0.2, 0) is 13.2 Å². The zero-order valence-electron chi connectivity index (χ0n) is 17.5. The molecule has 164 valence electrons. The Balaban J connectivity index is 1.47. The van der Waals surface area contributed by atoms with E-state index < -0.39 is 0 Å². The van der Waals surface area contributed by atoms with Crippen molar-refractivity contribution in [1.82, 2.24) is 15.1 Å². The average molecular weight is 462 g/mol. The maximum Gasteiger partial charge on any atom is 0.251 e. The molecule has 2 aromatic carbocycles. The number of carbonyl (C=O) groups is 1. The molecule has 0 radical (unpaired) electrons. The molecule has 0 unspecified atom stereocenters. The Kier molecular flexibility index (Phi) is 8.20. The van der Waals surface area contributed by atoms with Crippen LogP contribution in [0.5, 0.6) is 11.5 Å². The zero-order chi connectivity index (χ0) is 22.2. The van der Waals surface area contributed by atoms with Crippen LogP contribution in [0.2, 0.25) is 10.2 Å². The van der Waals surface area contributed by atoms with Gasteiger partial charge in [0.15, 0.2) is 0 Å². The summed E-state index contributed by atoms with van der Waals surface area (Å²) in [6, 6.07) is 14.9. The van der Waals surface area contributed by atoms with E-state index in [9.17, 15) is 4.79 Å². The lowest BCUT2D eigenvalue weighted by atomic mass is 10.1. The molecule has 0 bridgehead atoms. The predicted molar refractivity (Wildman–Crippen MR) is 122 cm³/mol. The van der Waals surface area contributed by atoms with Gasteiger partial charge in [-0.3, -0.25) is 9.48 Å². The molecule has 3 rings (SSSR count). The van der Waals surface area contributed by atoms with Crippen molar-refractivity contribution in [2.45, 2.75) is 33.4 Å². The van der Waals surface area contributed by atoms with Crippen LogP contribution < -0.4 is 14.8 Å². The van der Waals surface area contributed by atoms with Crippen LogP contribution in [0.4, 0.5) is 0 Å². The van der Waals surface area contributed by atoms with Crippen molar-refractivity contribution < 1.29 is 14.3 Å². The molecule has 0 aliphatic carbocycles. The molecule has 0 spiro atoms. The van der Waals surface area contributed by atoms with Crippen LogP contribution in [-0.4, -0.2) is 28.8 Å². The van der Waals surface area contributed by atoms with Gasteiger partial charge in [0.05, 0.1) is 12.3 Å². The minimum Gasteiger partial charge on any atom is -0.494 e. The van der Waals surface area contributed by atoms with Crippen LogP contribution in [0.15, 0.2) is 48.5 Å². The molecule has 1 heterocycles. The first-order valence-corrected chi connectivity index (χ1v) is 10.8. The molecule has 1 amide bonds. The molecule has 0 aliphatic heterocycles. The van der Waals surface area contributed by atoms with Crippen LogP contribution in [0.3, 0.4) is 0 Å². The van der Waals surface area contributed by atoms with Crippen LogP contribution in [0.1, 0.15) is 35.0 Å². The second kappa shape index (κ2) is 11.1. The molecular weight excluding hydrogens is 437 g/mol. The van der Waals surface area contributed by atoms with E-state index in [2.05, 4.69) is 10.4 Å². The van der Waals surface area contributed by atoms with E-state index >= 15 is 0 Å². The number of hydrogen-bond donors (Lipinski definition) is 1. The van der Waals surface area contributed by atoms with Gasteiger partial charge in [0.1, 0.15) is 28.3 Å². The first-order chi connectivity index (χ1) is 15.0. The summed E-state index contributed by atoms with van der Waals surface area (Å²) >= 11 is 12.2. The summed E-state index contributed by atoms with van der Waals surface area (Å²) < 4.78 is 12.9. The molecule has 3 aromatic rings. The largest absolute Gasteiger partial charge is 0.494 e. The van der Waals surface area contributed by atoms with Crippen LogP contribution in [0, 0.1) is 6.92 Å². The molecule has 0 saturated heterocycles. The van der Waals surface area contributed by atoms with E-state index in [1.54, 1.807) is 17.7 Å². The van der Waals surface area contributed by atoms with E-state index in [0.29, 0.717) is 54.2 Å². The number of benzene rings is 2. The van der Waals surface area contributed by atoms with Gasteiger partial charge in [-0.05, 0) is 62.2 Å². The highest BCUT2D eigenvalue weighted by Crippen LogP contribution is 2.25. The van der Waals surface area contributed by atoms with E-state index in [1.807, 2.05) is 49.4 Å². The molecular formula is C23H25Cl2N3O3. The molecule has 1 aromatic heterocycles. The molecule has 6 nitrogen and oxygen atoms in total. The molecule has 0 atom stereocenters. The van der Waals surface area contributed by atoms with Gasteiger partial charge in [0.2, 0.25) is 0 Å². The van der Waals surface area contributed by atoms with Crippen molar-refractivity contribution in [3.63, 3.8) is 0 Å². The van der Waals surface area contributed by atoms with Crippen molar-refractivity contribution in [2.24, 2.45) is 0 Å². The Morgan fingerprint density at radius 2 is 1.81 bits per heavy atom. The Hall–Kier alpha value is -2.70. The number of carbonyl (C=O) groups excluding carboxylic acids is 1. The first-order valence-electron chi connectivity index (χ1n) is 10.1. The first kappa shape index (κ1) is 23.0. The second-order valence-electron chi connectivity index (χ2n) is 6.92. The summed E-state index contributed by atoms with van der Waals surface area (Å²) in [5.74, 6) is 1.41. The van der Waals surface area contributed by atoms with Gasteiger partial charge < -0.3 is 14.8 Å². The van der Waals surface area contributed by atoms with Gasteiger partial charge in [-0.2, -0.15) is 5.10 Å². The van der Waals surface area contributed by atoms with Crippen molar-refractivity contribution in [3.05, 3.63) is 75.5 Å². The lowest BCUT2D eigenvalue weighted by Crippen LogP contribution is -2.25. The third-order valence-corrected chi connectivity index (χ3v) is 5.49. The van der Waals surface area contributed by atoms with E-state index in [4.69, 9.17) is 32.7 Å². The quantitative estimate of drug-likeness (QED) is 0.416. The predicted octanol–water partition coefficient (Wildman–Crippen LogP) is 5.30. The maximum atomic E-state index is 12.5. The smallest absolute Gasteiger partial charge is 0.251 e. The molecule has 0 saturated carbocycles. The highest BCUT2D eigenvalue weighted by molar-refractivity contribution is 6.41. The lowest BCUT2D eigenvalue weighted by molar-refractivity contribution is 0.0952. The Labute approximate surface area is 192 Å². The Morgan fingerprint density at radius 3 is 2.45 bits per heavy atom. The fourth-order valence-electron chi connectivity index (χ4n) is 2.98. The van der Waals surface area contributed by atoms with Gasteiger partial charge in [-0.15, -0.1) is 0 Å². The molecule has 8 heteroatoms. The Bertz CT molecular complexity index is 1020. The molecule has 1 N–H and O–H groups in total. The number of nitrogens with one attached hydrogen (secondary N) is 1. The van der Waals surface area contributed by atoms with Crippen molar-refractivity contribution in [2.75, 3.05) is 13.2 Å². The lowest BCUT2D eigenvalue weighted by Gasteiger charge is -2.10. The number of halogens is 2. The minimum absolute atomic E-state index is 0.135. The maximum absolute atomic E-state index is 12.5. The van der Waals surface area contributed by atoms with Crippen LogP contribution >= 0.6 is 23.2 Å². The monoisotopic (exact) mass is 461 g/mol.